The van der Waals surface area contributed by atoms with Crippen LogP contribution >= 0.6 is 0 Å². The first-order valence-corrected chi connectivity index (χ1v) is 13.3. The molecule has 12 heteroatoms. The molecule has 0 bridgehead atoms. The number of benzene rings is 2. The highest BCUT2D eigenvalue weighted by Crippen LogP contribution is 2.16. The van der Waals surface area contributed by atoms with Crippen LogP contribution in [0.2, 0.25) is 0 Å². The molecule has 0 aliphatic carbocycles. The number of hydrogen-bond acceptors (Lipinski definition) is 7. The van der Waals surface area contributed by atoms with Gasteiger partial charge in [0.25, 0.3) is 0 Å². The van der Waals surface area contributed by atoms with E-state index < -0.39 is 26.0 Å². The van der Waals surface area contributed by atoms with E-state index in [1.165, 1.54) is 55.6 Å². The van der Waals surface area contributed by atoms with Crippen LogP contribution in [0.4, 0.5) is 5.69 Å². The topological polar surface area (TPSA) is 140 Å². The lowest BCUT2D eigenvalue weighted by atomic mass is 10.3. The number of sulfonamides is 2. The molecular weight excluding hydrogens is 470 g/mol. The van der Waals surface area contributed by atoms with Crippen LogP contribution in [-0.2, 0) is 29.6 Å². The van der Waals surface area contributed by atoms with Crippen molar-refractivity contribution >= 4 is 31.6 Å². The van der Waals surface area contributed by atoms with Crippen molar-refractivity contribution in [2.24, 2.45) is 0 Å². The highest BCUT2D eigenvalue weighted by molar-refractivity contribution is 7.89. The minimum absolute atomic E-state index is 0.0620. The molecule has 0 saturated carbocycles. The molecule has 0 unspecified atom stereocenters. The van der Waals surface area contributed by atoms with Crippen molar-refractivity contribution in [3.05, 3.63) is 48.5 Å². The third-order valence-corrected chi connectivity index (χ3v) is 7.38. The molecule has 0 aromatic heterocycles. The zero-order valence-electron chi connectivity index (χ0n) is 18.5. The largest absolute Gasteiger partial charge is 0.497 e. The SMILES string of the molecule is CCOCCCNS(=O)(=O)c1ccc(NC(=O)CCNS(=O)(=O)c2ccc(OC)cc2)cc1. The summed E-state index contributed by atoms with van der Waals surface area (Å²) in [6.07, 6.45) is 0.459. The molecule has 33 heavy (non-hydrogen) atoms. The molecule has 2 aromatic rings. The Morgan fingerprint density at radius 1 is 0.848 bits per heavy atom. The zero-order valence-corrected chi connectivity index (χ0v) is 20.2. The minimum atomic E-state index is -3.76. The van der Waals surface area contributed by atoms with Crippen molar-refractivity contribution < 1.29 is 31.1 Å². The summed E-state index contributed by atoms with van der Waals surface area (Å²) in [6.45, 7) is 3.08. The van der Waals surface area contributed by atoms with Gasteiger partial charge in [0.2, 0.25) is 26.0 Å². The van der Waals surface area contributed by atoms with Crippen molar-refractivity contribution in [1.29, 1.82) is 0 Å². The molecule has 2 aromatic carbocycles. The monoisotopic (exact) mass is 499 g/mol. The number of methoxy groups -OCH3 is 1. The second-order valence-electron chi connectivity index (χ2n) is 6.84. The van der Waals surface area contributed by atoms with E-state index in [0.29, 0.717) is 31.1 Å². The quantitative estimate of drug-likeness (QED) is 0.336. The van der Waals surface area contributed by atoms with Gasteiger partial charge in [-0.3, -0.25) is 4.79 Å². The summed E-state index contributed by atoms with van der Waals surface area (Å²) >= 11 is 0. The molecule has 0 radical (unpaired) electrons. The number of rotatable bonds is 14. The standard InChI is InChI=1S/C21H29N3O7S2/c1-3-31-16-4-14-22-32(26,27)19-9-5-17(6-10-19)24-21(25)13-15-23-33(28,29)20-11-7-18(30-2)8-12-20/h5-12,22-23H,3-4,13-16H2,1-2H3,(H,24,25). The Kier molecular flexibility index (Phi) is 10.3. The number of amides is 1. The molecule has 0 aliphatic rings. The summed E-state index contributed by atoms with van der Waals surface area (Å²) < 4.78 is 64.1. The van der Waals surface area contributed by atoms with Gasteiger partial charge < -0.3 is 14.8 Å². The van der Waals surface area contributed by atoms with Gasteiger partial charge in [0.05, 0.1) is 16.9 Å². The molecule has 0 heterocycles. The first-order valence-electron chi connectivity index (χ1n) is 10.3. The second kappa shape index (κ2) is 12.7. The van der Waals surface area contributed by atoms with E-state index in [1.807, 2.05) is 6.92 Å². The van der Waals surface area contributed by atoms with Gasteiger partial charge >= 0.3 is 0 Å². The van der Waals surface area contributed by atoms with E-state index in [1.54, 1.807) is 0 Å². The third kappa shape index (κ3) is 8.74. The van der Waals surface area contributed by atoms with Crippen LogP contribution in [0.5, 0.6) is 5.75 Å². The Morgan fingerprint density at radius 2 is 1.39 bits per heavy atom. The smallest absolute Gasteiger partial charge is 0.240 e. The molecule has 2 rings (SSSR count). The van der Waals surface area contributed by atoms with Crippen molar-refractivity contribution in [2.45, 2.75) is 29.6 Å². The maximum absolute atomic E-state index is 12.3. The van der Waals surface area contributed by atoms with Gasteiger partial charge in [-0.15, -0.1) is 0 Å². The summed E-state index contributed by atoms with van der Waals surface area (Å²) in [7, 11) is -5.93. The first-order chi connectivity index (χ1) is 15.7. The van der Waals surface area contributed by atoms with Gasteiger partial charge in [0.1, 0.15) is 5.75 Å². The summed E-state index contributed by atoms with van der Waals surface area (Å²) in [5, 5.41) is 2.61. The van der Waals surface area contributed by atoms with Crippen LogP contribution in [0.15, 0.2) is 58.3 Å². The highest BCUT2D eigenvalue weighted by Gasteiger charge is 2.15. The minimum Gasteiger partial charge on any atom is -0.497 e. The summed E-state index contributed by atoms with van der Waals surface area (Å²) in [5.41, 5.74) is 0.397. The molecule has 10 nitrogen and oxygen atoms in total. The summed E-state index contributed by atoms with van der Waals surface area (Å²) in [5.74, 6) is 0.113. The van der Waals surface area contributed by atoms with E-state index in [2.05, 4.69) is 14.8 Å². The predicted octanol–water partition coefficient (Wildman–Crippen LogP) is 1.71. The van der Waals surface area contributed by atoms with E-state index in [4.69, 9.17) is 9.47 Å². The molecule has 3 N–H and O–H groups in total. The molecule has 1 amide bonds. The van der Waals surface area contributed by atoms with Crippen molar-refractivity contribution in [2.75, 3.05) is 38.7 Å². The molecule has 182 valence electrons. The summed E-state index contributed by atoms with van der Waals surface area (Å²) in [4.78, 5) is 12.3. The van der Waals surface area contributed by atoms with E-state index >= 15 is 0 Å². The molecule has 0 aliphatic heterocycles. The van der Waals surface area contributed by atoms with Gasteiger partial charge in [-0.1, -0.05) is 0 Å². The van der Waals surface area contributed by atoms with E-state index in [0.717, 1.165) is 0 Å². The Bertz CT molecular complexity index is 1100. The Morgan fingerprint density at radius 3 is 1.94 bits per heavy atom. The molecule has 0 saturated heterocycles. The fraction of sp³-hybridized carbons (Fsp3) is 0.381. The highest BCUT2D eigenvalue weighted by atomic mass is 32.2. The van der Waals surface area contributed by atoms with Gasteiger partial charge in [-0.05, 0) is 61.9 Å². The third-order valence-electron chi connectivity index (χ3n) is 4.42. The number of carbonyl (C=O) groups excluding carboxylic acids is 1. The Balaban J connectivity index is 1.81. The number of ether oxygens (including phenoxy) is 2. The van der Waals surface area contributed by atoms with Crippen molar-refractivity contribution in [1.82, 2.24) is 9.44 Å². The maximum atomic E-state index is 12.3. The molecular formula is C21H29N3O7S2. The van der Waals surface area contributed by atoms with Crippen LogP contribution in [0.1, 0.15) is 19.8 Å². The predicted molar refractivity (Wildman–Crippen MR) is 124 cm³/mol. The molecule has 0 fully saturated rings. The van der Waals surface area contributed by atoms with Gasteiger partial charge in [-0.2, -0.15) is 0 Å². The van der Waals surface area contributed by atoms with Crippen LogP contribution in [0.25, 0.3) is 0 Å². The fourth-order valence-electron chi connectivity index (χ4n) is 2.69. The second-order valence-corrected chi connectivity index (χ2v) is 10.4. The first kappa shape index (κ1) is 26.7. The van der Waals surface area contributed by atoms with E-state index in [9.17, 15) is 21.6 Å². The average molecular weight is 500 g/mol. The lowest BCUT2D eigenvalue weighted by Crippen LogP contribution is -2.28. The number of nitrogens with one attached hydrogen (secondary N) is 3. The number of carbonyl (C=O) groups is 1. The van der Waals surface area contributed by atoms with Gasteiger partial charge in [0.15, 0.2) is 0 Å². The lowest BCUT2D eigenvalue weighted by molar-refractivity contribution is -0.116. The Hall–Kier alpha value is -2.51. The molecule has 0 atom stereocenters. The summed E-state index contributed by atoms with van der Waals surface area (Å²) in [6, 6.07) is 11.6. The van der Waals surface area contributed by atoms with Crippen LogP contribution < -0.4 is 19.5 Å². The van der Waals surface area contributed by atoms with E-state index in [-0.39, 0.29) is 29.3 Å². The zero-order chi connectivity index (χ0) is 24.3. The van der Waals surface area contributed by atoms with Gasteiger partial charge in [0, 0.05) is 38.4 Å². The number of hydrogen-bond donors (Lipinski definition) is 3. The molecule has 0 spiro atoms. The number of anilines is 1. The van der Waals surface area contributed by atoms with Crippen molar-refractivity contribution in [3.63, 3.8) is 0 Å². The maximum Gasteiger partial charge on any atom is 0.240 e. The Labute approximate surface area is 194 Å². The van der Waals surface area contributed by atoms with Crippen LogP contribution in [0.3, 0.4) is 0 Å². The van der Waals surface area contributed by atoms with Crippen molar-refractivity contribution in [3.8, 4) is 5.75 Å². The fourth-order valence-corrected chi connectivity index (χ4v) is 4.79. The normalized spacial score (nSPS) is 11.8. The van der Waals surface area contributed by atoms with Crippen LogP contribution in [0, 0.1) is 0 Å². The average Bonchev–Trinajstić information content (AvgIpc) is 2.79. The van der Waals surface area contributed by atoms with Crippen LogP contribution in [-0.4, -0.2) is 56.2 Å². The lowest BCUT2D eigenvalue weighted by Gasteiger charge is -2.10. The van der Waals surface area contributed by atoms with Gasteiger partial charge in [-0.25, -0.2) is 26.3 Å².